The first kappa shape index (κ1) is 8.26. The van der Waals surface area contributed by atoms with Crippen molar-refractivity contribution in [2.75, 3.05) is 0 Å². The minimum atomic E-state index is 0.262. The Balaban J connectivity index is 3.12. The molecule has 0 spiro atoms. The molecule has 62 valence electrons. The van der Waals surface area contributed by atoms with E-state index in [1.54, 1.807) is 24.3 Å². The average Bonchev–Trinajstić information content (AvgIpc) is 2.04. The summed E-state index contributed by atoms with van der Waals surface area (Å²) in [6, 6.07) is 7.12. The van der Waals surface area contributed by atoms with Crippen molar-refractivity contribution in [3.8, 4) is 0 Å². The minimum Gasteiger partial charge on any atom is -0.287 e. The predicted molar refractivity (Wildman–Crippen MR) is 46.9 cm³/mol. The van der Waals surface area contributed by atoms with E-state index < -0.39 is 0 Å². The fourth-order valence-corrected chi connectivity index (χ4v) is 0.878. The second kappa shape index (κ2) is 3.04. The molecule has 0 bridgehead atoms. The minimum absolute atomic E-state index is 0.262. The molecule has 0 radical (unpaired) electrons. The Morgan fingerprint density at radius 1 is 1.00 bits per heavy atom. The molecule has 0 amide bonds. The fraction of sp³-hybridized carbons (Fsp3) is 0. The summed E-state index contributed by atoms with van der Waals surface area (Å²) in [7, 11) is 0. The predicted octanol–water partition coefficient (Wildman–Crippen LogP) is -3.38. The Bertz CT molecular complexity index is 300. The SMILES string of the molecule is NC(=[NH2+])c1cccc(C(N)=[NH2+])c1. The highest BCUT2D eigenvalue weighted by Gasteiger charge is 2.05. The largest absolute Gasteiger partial charge is 0.287 e. The van der Waals surface area contributed by atoms with E-state index in [4.69, 9.17) is 22.3 Å². The van der Waals surface area contributed by atoms with E-state index in [1.165, 1.54) is 0 Å². The molecule has 0 fully saturated rings. The van der Waals surface area contributed by atoms with Gasteiger partial charge in [0.25, 0.3) is 11.7 Å². The van der Waals surface area contributed by atoms with Crippen LogP contribution in [0.4, 0.5) is 0 Å². The molecular weight excluding hydrogens is 152 g/mol. The van der Waals surface area contributed by atoms with Gasteiger partial charge in [0.1, 0.15) is 0 Å². The van der Waals surface area contributed by atoms with E-state index >= 15 is 0 Å². The van der Waals surface area contributed by atoms with Crippen LogP contribution in [0.25, 0.3) is 0 Å². The molecule has 0 atom stereocenters. The van der Waals surface area contributed by atoms with Crippen LogP contribution < -0.4 is 22.3 Å². The van der Waals surface area contributed by atoms with Gasteiger partial charge in [-0.2, -0.15) is 0 Å². The van der Waals surface area contributed by atoms with Crippen LogP contribution in [0.15, 0.2) is 24.3 Å². The van der Waals surface area contributed by atoms with Gasteiger partial charge in [0.15, 0.2) is 0 Å². The van der Waals surface area contributed by atoms with Crippen molar-refractivity contribution in [3.05, 3.63) is 35.4 Å². The number of rotatable bonds is 2. The van der Waals surface area contributed by atoms with Crippen LogP contribution in [-0.4, -0.2) is 11.7 Å². The van der Waals surface area contributed by atoms with Crippen LogP contribution in [0.3, 0.4) is 0 Å². The summed E-state index contributed by atoms with van der Waals surface area (Å²) in [4.78, 5) is 0. The molecule has 1 rings (SSSR count). The maximum absolute atomic E-state index is 5.39. The molecule has 0 saturated carbocycles. The van der Waals surface area contributed by atoms with Gasteiger partial charge in [-0.3, -0.25) is 22.3 Å². The molecule has 0 heterocycles. The third kappa shape index (κ3) is 1.60. The normalized spacial score (nSPS) is 9.33. The van der Waals surface area contributed by atoms with Crippen LogP contribution in [0, 0.1) is 0 Å². The summed E-state index contributed by atoms with van der Waals surface area (Å²) in [5, 5.41) is 10.8. The molecule has 0 aliphatic heterocycles. The van der Waals surface area contributed by atoms with Crippen molar-refractivity contribution in [1.29, 1.82) is 0 Å². The lowest BCUT2D eigenvalue weighted by Gasteiger charge is -1.95. The number of hydrogen-bond acceptors (Lipinski definition) is 0. The Hall–Kier alpha value is -1.84. The standard InChI is InChI=1S/C8H10N4/c9-7(10)5-2-1-3-6(4-5)8(11)12/h1-4H,(H3,9,10)(H3,11,12)/p+2. The van der Waals surface area contributed by atoms with Crippen molar-refractivity contribution in [2.45, 2.75) is 0 Å². The van der Waals surface area contributed by atoms with Gasteiger partial charge in [0.05, 0.1) is 11.1 Å². The summed E-state index contributed by atoms with van der Waals surface area (Å²) in [6.45, 7) is 0. The van der Waals surface area contributed by atoms with E-state index in [1.807, 2.05) is 0 Å². The van der Waals surface area contributed by atoms with Gasteiger partial charge in [-0.15, -0.1) is 0 Å². The van der Waals surface area contributed by atoms with Gasteiger partial charge in [0, 0.05) is 0 Å². The molecule has 4 heteroatoms. The molecule has 0 aliphatic rings. The van der Waals surface area contributed by atoms with Gasteiger partial charge in [-0.25, -0.2) is 0 Å². The molecule has 0 unspecified atom stereocenters. The highest BCUT2D eigenvalue weighted by molar-refractivity contribution is 5.98. The van der Waals surface area contributed by atoms with Gasteiger partial charge in [0.2, 0.25) is 0 Å². The Labute approximate surface area is 70.2 Å². The second-order valence-corrected chi connectivity index (χ2v) is 2.49. The van der Waals surface area contributed by atoms with Crippen LogP contribution in [-0.2, 0) is 0 Å². The van der Waals surface area contributed by atoms with Crippen LogP contribution in [0.1, 0.15) is 11.1 Å². The van der Waals surface area contributed by atoms with Crippen molar-refractivity contribution < 1.29 is 10.8 Å². The number of amidine groups is 2. The van der Waals surface area contributed by atoms with E-state index in [0.717, 1.165) is 11.1 Å². The molecule has 4 nitrogen and oxygen atoms in total. The summed E-state index contributed by atoms with van der Waals surface area (Å²) in [5.41, 5.74) is 12.2. The molecule has 0 aromatic heterocycles. The Morgan fingerprint density at radius 2 is 1.42 bits per heavy atom. The summed E-state index contributed by atoms with van der Waals surface area (Å²) in [5.74, 6) is 0.524. The van der Waals surface area contributed by atoms with Gasteiger partial charge >= 0.3 is 0 Å². The third-order valence-electron chi connectivity index (χ3n) is 1.53. The fourth-order valence-electron chi connectivity index (χ4n) is 0.878. The topological polar surface area (TPSA) is 103 Å². The summed E-state index contributed by atoms with van der Waals surface area (Å²) in [6.07, 6.45) is 0. The van der Waals surface area contributed by atoms with Crippen LogP contribution in [0.2, 0.25) is 0 Å². The maximum atomic E-state index is 5.39. The Kier molecular flexibility index (Phi) is 2.09. The highest BCUT2D eigenvalue weighted by atomic mass is 14.7. The molecule has 8 N–H and O–H groups in total. The first-order valence-electron chi connectivity index (χ1n) is 3.48. The monoisotopic (exact) mass is 164 g/mol. The van der Waals surface area contributed by atoms with Crippen molar-refractivity contribution in [2.24, 2.45) is 11.5 Å². The number of benzene rings is 1. The number of nitrogens with two attached hydrogens (primary N) is 4. The van der Waals surface area contributed by atoms with Crippen molar-refractivity contribution in [1.82, 2.24) is 0 Å². The maximum Gasteiger partial charge on any atom is 0.270 e. The zero-order chi connectivity index (χ0) is 9.14. The summed E-state index contributed by atoms with van der Waals surface area (Å²) < 4.78 is 0. The Morgan fingerprint density at radius 3 is 1.75 bits per heavy atom. The third-order valence-corrected chi connectivity index (χ3v) is 1.53. The average molecular weight is 164 g/mol. The lowest BCUT2D eigenvalue weighted by molar-refractivity contribution is -0.114. The van der Waals surface area contributed by atoms with E-state index in [0.29, 0.717) is 0 Å². The van der Waals surface area contributed by atoms with E-state index in [9.17, 15) is 0 Å². The first-order valence-corrected chi connectivity index (χ1v) is 3.48. The lowest BCUT2D eigenvalue weighted by atomic mass is 10.1. The molecule has 0 saturated heterocycles. The second-order valence-electron chi connectivity index (χ2n) is 2.49. The number of hydrogen-bond donors (Lipinski definition) is 4. The zero-order valence-electron chi connectivity index (χ0n) is 6.62. The zero-order valence-corrected chi connectivity index (χ0v) is 6.62. The van der Waals surface area contributed by atoms with Gasteiger partial charge < -0.3 is 0 Å². The smallest absolute Gasteiger partial charge is 0.270 e. The lowest BCUT2D eigenvalue weighted by Crippen LogP contribution is -2.47. The quantitative estimate of drug-likeness (QED) is 0.270. The van der Waals surface area contributed by atoms with Crippen molar-refractivity contribution >= 4 is 11.7 Å². The molecule has 1 aromatic rings. The van der Waals surface area contributed by atoms with Crippen LogP contribution in [0.5, 0.6) is 0 Å². The van der Waals surface area contributed by atoms with E-state index in [-0.39, 0.29) is 11.7 Å². The molecule has 12 heavy (non-hydrogen) atoms. The summed E-state index contributed by atoms with van der Waals surface area (Å²) >= 11 is 0. The van der Waals surface area contributed by atoms with Crippen LogP contribution >= 0.6 is 0 Å². The molecular formula is C8H12N4+2. The van der Waals surface area contributed by atoms with Gasteiger partial charge in [-0.05, 0) is 18.2 Å². The highest BCUT2D eigenvalue weighted by Crippen LogP contribution is 2.01. The van der Waals surface area contributed by atoms with Crippen molar-refractivity contribution in [3.63, 3.8) is 0 Å². The molecule has 1 aromatic carbocycles. The molecule has 0 aliphatic carbocycles. The first-order chi connectivity index (χ1) is 5.61. The van der Waals surface area contributed by atoms with E-state index in [2.05, 4.69) is 0 Å². The van der Waals surface area contributed by atoms with Gasteiger partial charge in [-0.1, -0.05) is 6.07 Å².